The van der Waals surface area contributed by atoms with Crippen LogP contribution < -0.4 is 5.73 Å². The van der Waals surface area contributed by atoms with Crippen molar-refractivity contribution in [2.24, 2.45) is 5.73 Å². The van der Waals surface area contributed by atoms with Gasteiger partial charge in [0.2, 0.25) is 0 Å². The highest BCUT2D eigenvalue weighted by atomic mass is 19.1. The lowest BCUT2D eigenvalue weighted by atomic mass is 10.1. The fraction of sp³-hybridized carbons (Fsp3) is 0.400. The quantitative estimate of drug-likeness (QED) is 0.918. The Hall–Kier alpha value is -1.68. The lowest BCUT2D eigenvalue weighted by Gasteiger charge is -2.15. The molecule has 3 nitrogen and oxygen atoms in total. The molecule has 0 spiro atoms. The number of hydrogen-bond donors (Lipinski definition) is 1. The van der Waals surface area contributed by atoms with E-state index in [-0.39, 0.29) is 11.9 Å². The Balaban J connectivity index is 2.64. The molecular formula is C15H20FN3. The summed E-state index contributed by atoms with van der Waals surface area (Å²) in [5.74, 6) is -0.275. The summed E-state index contributed by atoms with van der Waals surface area (Å²) in [6.07, 6.45) is 1.71. The standard InChI is InChI=1S/C15H20FN3/c1-4-11-9-12(5-2)19(18-11)14-8-6-7-13(16)15(14)10(3)17/h6-10H,4-5,17H2,1-3H3. The van der Waals surface area contributed by atoms with Gasteiger partial charge in [0.1, 0.15) is 5.82 Å². The predicted octanol–water partition coefficient (Wildman–Crippen LogP) is 3.16. The van der Waals surface area contributed by atoms with Crippen molar-refractivity contribution in [3.63, 3.8) is 0 Å². The molecule has 4 heteroatoms. The molecule has 102 valence electrons. The second-order valence-corrected chi connectivity index (χ2v) is 4.71. The Morgan fingerprint density at radius 1 is 1.32 bits per heavy atom. The first-order chi connectivity index (χ1) is 9.08. The Labute approximate surface area is 113 Å². The van der Waals surface area contributed by atoms with Gasteiger partial charge in [-0.2, -0.15) is 5.10 Å². The van der Waals surface area contributed by atoms with E-state index in [0.29, 0.717) is 5.56 Å². The van der Waals surface area contributed by atoms with Crippen LogP contribution in [0.3, 0.4) is 0 Å². The normalized spacial score (nSPS) is 12.7. The van der Waals surface area contributed by atoms with Crippen molar-refractivity contribution in [1.82, 2.24) is 9.78 Å². The van der Waals surface area contributed by atoms with Gasteiger partial charge in [0.05, 0.1) is 11.4 Å². The molecule has 0 bridgehead atoms. The highest BCUT2D eigenvalue weighted by molar-refractivity contribution is 5.44. The number of benzene rings is 1. The Kier molecular flexibility index (Phi) is 4.00. The number of aryl methyl sites for hydroxylation is 2. The number of nitrogens with two attached hydrogens (primary N) is 1. The minimum atomic E-state index is -0.366. The average molecular weight is 261 g/mol. The molecule has 0 aliphatic carbocycles. The highest BCUT2D eigenvalue weighted by Gasteiger charge is 2.16. The van der Waals surface area contributed by atoms with Gasteiger partial charge in [0.15, 0.2) is 0 Å². The molecule has 1 aromatic carbocycles. The van der Waals surface area contributed by atoms with Gasteiger partial charge in [-0.25, -0.2) is 9.07 Å². The molecule has 1 heterocycles. The molecule has 2 rings (SSSR count). The molecular weight excluding hydrogens is 241 g/mol. The van der Waals surface area contributed by atoms with Crippen LogP contribution in [0.25, 0.3) is 5.69 Å². The van der Waals surface area contributed by atoms with Crippen LogP contribution in [0.2, 0.25) is 0 Å². The molecule has 1 unspecified atom stereocenters. The third-order valence-corrected chi connectivity index (χ3v) is 3.27. The van der Waals surface area contributed by atoms with Crippen molar-refractivity contribution in [2.45, 2.75) is 39.7 Å². The minimum Gasteiger partial charge on any atom is -0.324 e. The van der Waals surface area contributed by atoms with Gasteiger partial charge >= 0.3 is 0 Å². The summed E-state index contributed by atoms with van der Waals surface area (Å²) >= 11 is 0. The smallest absolute Gasteiger partial charge is 0.130 e. The molecule has 1 atom stereocenters. The summed E-state index contributed by atoms with van der Waals surface area (Å²) in [5, 5.41) is 4.55. The van der Waals surface area contributed by atoms with Gasteiger partial charge in [-0.3, -0.25) is 0 Å². The lowest BCUT2D eigenvalue weighted by Crippen LogP contribution is -2.14. The zero-order valence-electron chi connectivity index (χ0n) is 11.7. The van der Waals surface area contributed by atoms with Crippen molar-refractivity contribution < 1.29 is 4.39 Å². The predicted molar refractivity (Wildman–Crippen MR) is 74.9 cm³/mol. The van der Waals surface area contributed by atoms with Crippen molar-refractivity contribution in [3.05, 3.63) is 47.0 Å². The number of nitrogens with zero attached hydrogens (tertiary/aromatic N) is 2. The van der Waals surface area contributed by atoms with Crippen molar-refractivity contribution in [3.8, 4) is 5.69 Å². The maximum absolute atomic E-state index is 14.0. The summed E-state index contributed by atoms with van der Waals surface area (Å²) in [7, 11) is 0. The van der Waals surface area contributed by atoms with E-state index in [1.165, 1.54) is 6.07 Å². The van der Waals surface area contributed by atoms with E-state index in [1.54, 1.807) is 13.0 Å². The molecule has 1 aromatic heterocycles. The van der Waals surface area contributed by atoms with Crippen LogP contribution in [-0.2, 0) is 12.8 Å². The zero-order chi connectivity index (χ0) is 14.0. The van der Waals surface area contributed by atoms with Crippen LogP contribution in [0, 0.1) is 5.82 Å². The van der Waals surface area contributed by atoms with Crippen molar-refractivity contribution >= 4 is 0 Å². The molecule has 0 radical (unpaired) electrons. The summed E-state index contributed by atoms with van der Waals surface area (Å²) in [5.41, 5.74) is 9.25. The van der Waals surface area contributed by atoms with Crippen LogP contribution in [0.1, 0.15) is 43.8 Å². The summed E-state index contributed by atoms with van der Waals surface area (Å²) in [6, 6.07) is 6.71. The second kappa shape index (κ2) is 5.53. The Morgan fingerprint density at radius 3 is 2.63 bits per heavy atom. The van der Waals surface area contributed by atoms with Gasteiger partial charge < -0.3 is 5.73 Å². The van der Waals surface area contributed by atoms with E-state index in [0.717, 1.165) is 29.9 Å². The van der Waals surface area contributed by atoms with E-state index in [9.17, 15) is 4.39 Å². The summed E-state index contributed by atoms with van der Waals surface area (Å²) in [4.78, 5) is 0. The van der Waals surface area contributed by atoms with Crippen LogP contribution >= 0.6 is 0 Å². The molecule has 0 saturated heterocycles. The van der Waals surface area contributed by atoms with Crippen LogP contribution in [-0.4, -0.2) is 9.78 Å². The van der Waals surface area contributed by atoms with Gasteiger partial charge in [0.25, 0.3) is 0 Å². The lowest BCUT2D eigenvalue weighted by molar-refractivity contribution is 0.587. The average Bonchev–Trinajstić information content (AvgIpc) is 2.81. The van der Waals surface area contributed by atoms with Gasteiger partial charge in [-0.1, -0.05) is 19.9 Å². The van der Waals surface area contributed by atoms with E-state index in [2.05, 4.69) is 25.0 Å². The summed E-state index contributed by atoms with van der Waals surface area (Å²) in [6.45, 7) is 5.92. The van der Waals surface area contributed by atoms with Gasteiger partial charge in [-0.05, 0) is 38.0 Å². The van der Waals surface area contributed by atoms with E-state index in [4.69, 9.17) is 5.73 Å². The molecule has 2 N–H and O–H groups in total. The molecule has 0 saturated carbocycles. The fourth-order valence-corrected chi connectivity index (χ4v) is 2.27. The van der Waals surface area contributed by atoms with Gasteiger partial charge in [-0.15, -0.1) is 0 Å². The van der Waals surface area contributed by atoms with Crippen LogP contribution in [0.4, 0.5) is 4.39 Å². The topological polar surface area (TPSA) is 43.8 Å². The highest BCUT2D eigenvalue weighted by Crippen LogP contribution is 2.25. The van der Waals surface area contributed by atoms with E-state index >= 15 is 0 Å². The number of halogens is 1. The first-order valence-corrected chi connectivity index (χ1v) is 6.70. The molecule has 0 fully saturated rings. The number of rotatable bonds is 4. The summed E-state index contributed by atoms with van der Waals surface area (Å²) < 4.78 is 15.8. The van der Waals surface area contributed by atoms with Crippen molar-refractivity contribution in [2.75, 3.05) is 0 Å². The molecule has 19 heavy (non-hydrogen) atoms. The zero-order valence-corrected chi connectivity index (χ0v) is 11.7. The largest absolute Gasteiger partial charge is 0.324 e. The van der Waals surface area contributed by atoms with E-state index < -0.39 is 0 Å². The third kappa shape index (κ3) is 2.54. The fourth-order valence-electron chi connectivity index (χ4n) is 2.27. The molecule has 2 aromatic rings. The third-order valence-electron chi connectivity index (χ3n) is 3.27. The SMILES string of the molecule is CCc1cc(CC)n(-c2cccc(F)c2C(C)N)n1. The number of hydrogen-bond acceptors (Lipinski definition) is 2. The molecule has 0 aliphatic heterocycles. The maximum atomic E-state index is 14.0. The molecule has 0 aliphatic rings. The maximum Gasteiger partial charge on any atom is 0.130 e. The Bertz CT molecular complexity index is 573. The van der Waals surface area contributed by atoms with Crippen LogP contribution in [0.15, 0.2) is 24.3 Å². The monoisotopic (exact) mass is 261 g/mol. The molecule has 0 amide bonds. The first kappa shape index (κ1) is 13.7. The van der Waals surface area contributed by atoms with Gasteiger partial charge in [0, 0.05) is 17.3 Å². The first-order valence-electron chi connectivity index (χ1n) is 6.70. The van der Waals surface area contributed by atoms with E-state index in [1.807, 2.05) is 10.7 Å². The number of aromatic nitrogens is 2. The van der Waals surface area contributed by atoms with Crippen LogP contribution in [0.5, 0.6) is 0 Å². The minimum absolute atomic E-state index is 0.275. The second-order valence-electron chi connectivity index (χ2n) is 4.71. The Morgan fingerprint density at radius 2 is 2.05 bits per heavy atom. The van der Waals surface area contributed by atoms with Crippen molar-refractivity contribution in [1.29, 1.82) is 0 Å².